The first-order valence-corrected chi connectivity index (χ1v) is 7.96. The molecule has 2 heterocycles. The molecule has 0 spiro atoms. The van der Waals surface area contributed by atoms with E-state index in [-0.39, 0.29) is 6.04 Å². The molecule has 0 saturated heterocycles. The Bertz CT molecular complexity index is 576. The highest BCUT2D eigenvalue weighted by atomic mass is 79.9. The lowest BCUT2D eigenvalue weighted by molar-refractivity contribution is 0.365. The fraction of sp³-hybridized carbons (Fsp3) is 0.533. The summed E-state index contributed by atoms with van der Waals surface area (Å²) in [6.07, 6.45) is 3.68. The van der Waals surface area contributed by atoms with Gasteiger partial charge in [0.15, 0.2) is 0 Å². The van der Waals surface area contributed by atoms with Crippen molar-refractivity contribution in [2.75, 3.05) is 27.2 Å². The molecule has 21 heavy (non-hydrogen) atoms. The minimum Gasteiger partial charge on any atom is -0.469 e. The van der Waals surface area contributed by atoms with Gasteiger partial charge < -0.3 is 14.6 Å². The molecule has 6 heteroatoms. The Morgan fingerprint density at radius 1 is 1.48 bits per heavy atom. The van der Waals surface area contributed by atoms with Crippen LogP contribution in [-0.2, 0) is 6.54 Å². The number of hydrogen-bond donors (Lipinski definition) is 1. The van der Waals surface area contributed by atoms with Crippen molar-refractivity contribution < 1.29 is 4.42 Å². The summed E-state index contributed by atoms with van der Waals surface area (Å²) in [5.74, 6) is 0.920. The van der Waals surface area contributed by atoms with Crippen LogP contribution in [0.3, 0.4) is 0 Å². The number of halogens is 1. The van der Waals surface area contributed by atoms with Crippen LogP contribution in [0.1, 0.15) is 30.0 Å². The minimum atomic E-state index is 0.0755. The lowest BCUT2D eigenvalue weighted by atomic mass is 10.1. The third-order valence-corrected chi connectivity index (χ3v) is 3.97. The molecule has 2 aromatic rings. The number of nitrogens with zero attached hydrogens (tertiary/aromatic N) is 3. The molecule has 0 bridgehead atoms. The summed E-state index contributed by atoms with van der Waals surface area (Å²) in [6, 6.07) is 2.15. The summed E-state index contributed by atoms with van der Waals surface area (Å²) in [6.45, 7) is 6.75. The van der Waals surface area contributed by atoms with Gasteiger partial charge in [0.1, 0.15) is 5.76 Å². The third-order valence-electron chi connectivity index (χ3n) is 3.36. The first-order valence-electron chi connectivity index (χ1n) is 7.17. The van der Waals surface area contributed by atoms with Crippen molar-refractivity contribution in [2.45, 2.75) is 26.4 Å². The first-order chi connectivity index (χ1) is 10.0. The van der Waals surface area contributed by atoms with E-state index in [1.807, 2.05) is 19.4 Å². The molecule has 1 atom stereocenters. The molecular formula is C15H23BrN4O. The number of nitrogens with one attached hydrogen (secondary N) is 1. The zero-order valence-corrected chi connectivity index (χ0v) is 14.6. The van der Waals surface area contributed by atoms with Gasteiger partial charge in [-0.25, -0.2) is 0 Å². The van der Waals surface area contributed by atoms with Crippen LogP contribution in [0.2, 0.25) is 0 Å². The number of rotatable bonds is 7. The van der Waals surface area contributed by atoms with Crippen molar-refractivity contribution in [3.8, 4) is 0 Å². The Labute approximate surface area is 134 Å². The molecule has 5 nitrogen and oxygen atoms in total. The smallest absolute Gasteiger partial charge is 0.101 e. The van der Waals surface area contributed by atoms with Crippen LogP contribution < -0.4 is 5.32 Å². The Hall–Kier alpha value is -1.11. The van der Waals surface area contributed by atoms with Gasteiger partial charge in [0.25, 0.3) is 0 Å². The highest BCUT2D eigenvalue weighted by Crippen LogP contribution is 2.29. The Kier molecular flexibility index (Phi) is 5.61. The van der Waals surface area contributed by atoms with Gasteiger partial charge in [-0.2, -0.15) is 5.10 Å². The van der Waals surface area contributed by atoms with Gasteiger partial charge in [-0.05, 0) is 49.6 Å². The molecule has 0 fully saturated rings. The quantitative estimate of drug-likeness (QED) is 0.830. The van der Waals surface area contributed by atoms with Crippen LogP contribution in [-0.4, -0.2) is 41.9 Å². The van der Waals surface area contributed by atoms with Crippen LogP contribution in [0.5, 0.6) is 0 Å². The van der Waals surface area contributed by atoms with Gasteiger partial charge in [0, 0.05) is 12.1 Å². The normalized spacial score (nSPS) is 13.0. The number of aromatic nitrogens is 2. The maximum absolute atomic E-state index is 5.47. The summed E-state index contributed by atoms with van der Waals surface area (Å²) in [4.78, 5) is 2.16. The molecule has 1 unspecified atom stereocenters. The van der Waals surface area contributed by atoms with Gasteiger partial charge in [0.05, 0.1) is 35.2 Å². The first kappa shape index (κ1) is 16.3. The van der Waals surface area contributed by atoms with Gasteiger partial charge in [-0.1, -0.05) is 6.92 Å². The summed E-state index contributed by atoms with van der Waals surface area (Å²) < 4.78 is 8.55. The molecule has 2 aromatic heterocycles. The highest BCUT2D eigenvalue weighted by molar-refractivity contribution is 9.10. The summed E-state index contributed by atoms with van der Waals surface area (Å²) >= 11 is 3.63. The molecule has 0 aliphatic heterocycles. The zero-order chi connectivity index (χ0) is 15.4. The van der Waals surface area contributed by atoms with E-state index in [4.69, 9.17) is 4.42 Å². The molecule has 0 aliphatic rings. The Balaban J connectivity index is 2.33. The van der Waals surface area contributed by atoms with Gasteiger partial charge in [0.2, 0.25) is 0 Å². The second-order valence-corrected chi connectivity index (χ2v) is 6.24. The average Bonchev–Trinajstić information content (AvgIpc) is 3.00. The Morgan fingerprint density at radius 2 is 2.24 bits per heavy atom. The molecule has 2 rings (SSSR count). The van der Waals surface area contributed by atoms with E-state index in [2.05, 4.69) is 63.0 Å². The molecule has 0 amide bonds. The molecule has 0 aromatic carbocycles. The zero-order valence-electron chi connectivity index (χ0n) is 13.1. The van der Waals surface area contributed by atoms with Crippen LogP contribution in [0.15, 0.2) is 27.4 Å². The molecule has 0 aliphatic carbocycles. The SMILES string of the molecule is CCNC(c1coc(C)c1)c1c(Br)cnn1CCN(C)C. The van der Waals surface area contributed by atoms with Crippen LogP contribution in [0.25, 0.3) is 0 Å². The average molecular weight is 355 g/mol. The van der Waals surface area contributed by atoms with Crippen molar-refractivity contribution in [3.05, 3.63) is 40.0 Å². The van der Waals surface area contributed by atoms with Gasteiger partial charge in [-0.15, -0.1) is 0 Å². The van der Waals surface area contributed by atoms with Crippen LogP contribution in [0, 0.1) is 6.92 Å². The second-order valence-electron chi connectivity index (χ2n) is 5.39. The largest absolute Gasteiger partial charge is 0.469 e. The number of furan rings is 1. The summed E-state index contributed by atoms with van der Waals surface area (Å²) in [5, 5.41) is 8.01. The van der Waals surface area contributed by atoms with E-state index < -0.39 is 0 Å². The number of aryl methyl sites for hydroxylation is 1. The van der Waals surface area contributed by atoms with Gasteiger partial charge >= 0.3 is 0 Å². The van der Waals surface area contributed by atoms with Crippen molar-refractivity contribution in [1.29, 1.82) is 0 Å². The predicted octanol–water partition coefficient (Wildman–Crippen LogP) is 2.81. The Morgan fingerprint density at radius 3 is 2.81 bits per heavy atom. The highest BCUT2D eigenvalue weighted by Gasteiger charge is 2.22. The maximum atomic E-state index is 5.47. The second kappa shape index (κ2) is 7.24. The van der Waals surface area contributed by atoms with Crippen molar-refractivity contribution >= 4 is 15.9 Å². The number of hydrogen-bond acceptors (Lipinski definition) is 4. The van der Waals surface area contributed by atoms with Crippen molar-refractivity contribution in [2.24, 2.45) is 0 Å². The van der Waals surface area contributed by atoms with E-state index in [0.717, 1.165) is 41.1 Å². The molecule has 0 radical (unpaired) electrons. The standard InChI is InChI=1S/C15H23BrN4O/c1-5-17-14(12-8-11(2)21-10-12)15-13(16)9-18-20(15)7-6-19(3)4/h8-10,14,17H,5-7H2,1-4H3. The summed E-state index contributed by atoms with van der Waals surface area (Å²) in [5.41, 5.74) is 2.26. The van der Waals surface area contributed by atoms with Crippen molar-refractivity contribution in [3.63, 3.8) is 0 Å². The van der Waals surface area contributed by atoms with Crippen LogP contribution >= 0.6 is 15.9 Å². The number of likely N-dealkylation sites (N-methyl/N-ethyl adjacent to an activating group) is 1. The van der Waals surface area contributed by atoms with Crippen LogP contribution in [0.4, 0.5) is 0 Å². The summed E-state index contributed by atoms with van der Waals surface area (Å²) in [7, 11) is 4.14. The van der Waals surface area contributed by atoms with E-state index in [1.165, 1.54) is 0 Å². The topological polar surface area (TPSA) is 46.2 Å². The van der Waals surface area contributed by atoms with Crippen molar-refractivity contribution in [1.82, 2.24) is 20.0 Å². The van der Waals surface area contributed by atoms with E-state index in [0.29, 0.717) is 0 Å². The van der Waals surface area contributed by atoms with E-state index in [1.54, 1.807) is 0 Å². The molecule has 116 valence electrons. The minimum absolute atomic E-state index is 0.0755. The molecule has 0 saturated carbocycles. The lowest BCUT2D eigenvalue weighted by Gasteiger charge is -2.20. The fourth-order valence-electron chi connectivity index (χ4n) is 2.32. The molecular weight excluding hydrogens is 332 g/mol. The van der Waals surface area contributed by atoms with Gasteiger partial charge in [-0.3, -0.25) is 4.68 Å². The van der Waals surface area contributed by atoms with E-state index in [9.17, 15) is 0 Å². The fourth-order valence-corrected chi connectivity index (χ4v) is 2.85. The van der Waals surface area contributed by atoms with E-state index >= 15 is 0 Å². The maximum Gasteiger partial charge on any atom is 0.101 e. The monoisotopic (exact) mass is 354 g/mol. The lowest BCUT2D eigenvalue weighted by Crippen LogP contribution is -2.27. The predicted molar refractivity (Wildman–Crippen MR) is 87.4 cm³/mol. The third kappa shape index (κ3) is 3.96. The molecule has 1 N–H and O–H groups in total.